The van der Waals surface area contributed by atoms with Crippen LogP contribution in [0.25, 0.3) is 0 Å². The molecule has 1 aromatic rings. The van der Waals surface area contributed by atoms with E-state index in [1.165, 1.54) is 30.4 Å². The molecular weight excluding hydrogens is 198 g/mol. The molecule has 1 atom stereocenters. The fourth-order valence-electron chi connectivity index (χ4n) is 1.98. The van der Waals surface area contributed by atoms with Gasteiger partial charge >= 0.3 is 0 Å². The van der Waals surface area contributed by atoms with Gasteiger partial charge in [-0.05, 0) is 49.8 Å². The minimum atomic E-state index is 0.0967. The highest BCUT2D eigenvalue weighted by atomic mass is 16.5. The minimum absolute atomic E-state index is 0.0967. The highest BCUT2D eigenvalue weighted by Gasteiger charge is 2.18. The first-order chi connectivity index (χ1) is 7.66. The van der Waals surface area contributed by atoms with Crippen LogP contribution in [0.2, 0.25) is 0 Å². The summed E-state index contributed by atoms with van der Waals surface area (Å²) in [5.74, 6) is 1.80. The summed E-state index contributed by atoms with van der Waals surface area (Å²) in [6, 6.07) is 6.33. The Morgan fingerprint density at radius 3 is 2.69 bits per heavy atom. The van der Waals surface area contributed by atoms with Gasteiger partial charge in [0.15, 0.2) is 0 Å². The van der Waals surface area contributed by atoms with Crippen LogP contribution in [-0.2, 0) is 0 Å². The van der Waals surface area contributed by atoms with Crippen molar-refractivity contribution in [1.29, 1.82) is 0 Å². The third-order valence-corrected chi connectivity index (χ3v) is 3.42. The lowest BCUT2D eigenvalue weighted by Gasteiger charge is -2.25. The van der Waals surface area contributed by atoms with Crippen molar-refractivity contribution < 1.29 is 4.74 Å². The number of nitrogens with two attached hydrogens (primary N) is 1. The van der Waals surface area contributed by atoms with E-state index in [0.717, 1.165) is 18.3 Å². The molecule has 0 unspecified atom stereocenters. The predicted molar refractivity (Wildman–Crippen MR) is 66.6 cm³/mol. The highest BCUT2D eigenvalue weighted by molar-refractivity contribution is 5.37. The zero-order valence-corrected chi connectivity index (χ0v) is 10.2. The average molecular weight is 219 g/mol. The van der Waals surface area contributed by atoms with Gasteiger partial charge in [0.2, 0.25) is 0 Å². The van der Waals surface area contributed by atoms with Gasteiger partial charge in [0, 0.05) is 6.04 Å². The minimum Gasteiger partial charge on any atom is -0.493 e. The molecule has 2 heteroatoms. The van der Waals surface area contributed by atoms with E-state index >= 15 is 0 Å². The Balaban J connectivity index is 1.98. The molecule has 0 spiro atoms. The maximum absolute atomic E-state index is 5.84. The zero-order chi connectivity index (χ0) is 11.5. The van der Waals surface area contributed by atoms with Crippen molar-refractivity contribution in [3.8, 4) is 5.75 Å². The molecule has 0 bridgehead atoms. The van der Waals surface area contributed by atoms with Crippen LogP contribution in [0.15, 0.2) is 18.2 Å². The van der Waals surface area contributed by atoms with E-state index in [9.17, 15) is 0 Å². The molecule has 16 heavy (non-hydrogen) atoms. The Bertz CT molecular complexity index is 356. The summed E-state index contributed by atoms with van der Waals surface area (Å²) in [4.78, 5) is 0. The first kappa shape index (κ1) is 11.5. The summed E-state index contributed by atoms with van der Waals surface area (Å²) in [6.07, 6.45) is 4.03. The van der Waals surface area contributed by atoms with Gasteiger partial charge in [-0.25, -0.2) is 0 Å². The smallest absolute Gasteiger partial charge is 0.122 e. The van der Waals surface area contributed by atoms with Gasteiger partial charge in [-0.3, -0.25) is 0 Å². The Morgan fingerprint density at radius 1 is 1.44 bits per heavy atom. The fourth-order valence-corrected chi connectivity index (χ4v) is 1.98. The topological polar surface area (TPSA) is 35.2 Å². The van der Waals surface area contributed by atoms with Crippen LogP contribution in [0.4, 0.5) is 0 Å². The van der Waals surface area contributed by atoms with Crippen molar-refractivity contribution in [2.24, 2.45) is 11.7 Å². The van der Waals surface area contributed by atoms with Crippen LogP contribution >= 0.6 is 0 Å². The van der Waals surface area contributed by atoms with Crippen LogP contribution in [0.5, 0.6) is 5.75 Å². The van der Waals surface area contributed by atoms with E-state index in [0.29, 0.717) is 0 Å². The maximum Gasteiger partial charge on any atom is 0.122 e. The Morgan fingerprint density at radius 2 is 2.19 bits per heavy atom. The van der Waals surface area contributed by atoms with Crippen molar-refractivity contribution in [2.45, 2.75) is 39.2 Å². The van der Waals surface area contributed by atoms with Crippen LogP contribution in [-0.4, -0.2) is 6.61 Å². The van der Waals surface area contributed by atoms with Crippen molar-refractivity contribution in [1.82, 2.24) is 0 Å². The van der Waals surface area contributed by atoms with Crippen LogP contribution in [0.3, 0.4) is 0 Å². The third kappa shape index (κ3) is 2.56. The molecule has 0 radical (unpaired) electrons. The van der Waals surface area contributed by atoms with Gasteiger partial charge in [-0.15, -0.1) is 0 Å². The molecule has 88 valence electrons. The SMILES string of the molecule is Cc1cc([C@@H](C)N)ccc1OCC1CCC1. The number of ether oxygens (including phenoxy) is 1. The molecule has 0 aliphatic heterocycles. The molecule has 0 saturated heterocycles. The van der Waals surface area contributed by atoms with Gasteiger partial charge < -0.3 is 10.5 Å². The van der Waals surface area contributed by atoms with Gasteiger partial charge in [-0.1, -0.05) is 18.6 Å². The van der Waals surface area contributed by atoms with Gasteiger partial charge in [0.25, 0.3) is 0 Å². The van der Waals surface area contributed by atoms with E-state index in [1.54, 1.807) is 0 Å². The Kier molecular flexibility index (Phi) is 3.49. The van der Waals surface area contributed by atoms with E-state index in [-0.39, 0.29) is 6.04 Å². The lowest BCUT2D eigenvalue weighted by Crippen LogP contribution is -2.19. The first-order valence-electron chi connectivity index (χ1n) is 6.15. The molecule has 0 amide bonds. The molecule has 0 heterocycles. The summed E-state index contributed by atoms with van der Waals surface area (Å²) in [5.41, 5.74) is 8.21. The van der Waals surface area contributed by atoms with Crippen LogP contribution < -0.4 is 10.5 Å². The van der Waals surface area contributed by atoms with Gasteiger partial charge in [0.1, 0.15) is 5.75 Å². The maximum atomic E-state index is 5.84. The zero-order valence-electron chi connectivity index (χ0n) is 10.2. The number of hydrogen-bond donors (Lipinski definition) is 1. The average Bonchev–Trinajstić information content (AvgIpc) is 2.17. The summed E-state index contributed by atoms with van der Waals surface area (Å²) < 4.78 is 5.83. The lowest BCUT2D eigenvalue weighted by molar-refractivity contribution is 0.180. The molecule has 0 aromatic heterocycles. The fraction of sp³-hybridized carbons (Fsp3) is 0.571. The summed E-state index contributed by atoms with van der Waals surface area (Å²) in [6.45, 7) is 4.96. The van der Waals surface area contributed by atoms with Crippen molar-refractivity contribution in [3.63, 3.8) is 0 Å². The van der Waals surface area contributed by atoms with E-state index in [4.69, 9.17) is 10.5 Å². The first-order valence-corrected chi connectivity index (χ1v) is 6.15. The second kappa shape index (κ2) is 4.88. The van der Waals surface area contributed by atoms with Crippen molar-refractivity contribution in [2.75, 3.05) is 6.61 Å². The number of benzene rings is 1. The summed E-state index contributed by atoms with van der Waals surface area (Å²) in [5, 5.41) is 0. The molecule has 1 aromatic carbocycles. The monoisotopic (exact) mass is 219 g/mol. The van der Waals surface area contributed by atoms with Gasteiger partial charge in [-0.2, -0.15) is 0 Å². The summed E-state index contributed by atoms with van der Waals surface area (Å²) >= 11 is 0. The molecule has 1 saturated carbocycles. The van der Waals surface area contributed by atoms with E-state index in [1.807, 2.05) is 13.0 Å². The van der Waals surface area contributed by atoms with E-state index in [2.05, 4.69) is 19.1 Å². The quantitative estimate of drug-likeness (QED) is 0.844. The van der Waals surface area contributed by atoms with Gasteiger partial charge in [0.05, 0.1) is 6.61 Å². The molecular formula is C14H21NO. The summed E-state index contributed by atoms with van der Waals surface area (Å²) in [7, 11) is 0. The lowest BCUT2D eigenvalue weighted by atomic mass is 9.86. The second-order valence-corrected chi connectivity index (χ2v) is 4.92. The molecule has 1 aliphatic rings. The predicted octanol–water partition coefficient (Wildman–Crippen LogP) is 3.19. The largest absolute Gasteiger partial charge is 0.493 e. The standard InChI is InChI=1S/C14H21NO/c1-10-8-13(11(2)15)6-7-14(10)16-9-12-4-3-5-12/h6-8,11-12H,3-5,9,15H2,1-2H3/t11-/m1/s1. The number of hydrogen-bond acceptors (Lipinski definition) is 2. The molecule has 1 aliphatic carbocycles. The van der Waals surface area contributed by atoms with Crippen LogP contribution in [0.1, 0.15) is 43.4 Å². The normalized spacial score (nSPS) is 17.9. The molecule has 2 rings (SSSR count). The Labute approximate surface area is 97.8 Å². The molecule has 2 nitrogen and oxygen atoms in total. The third-order valence-electron chi connectivity index (χ3n) is 3.42. The number of aryl methyl sites for hydroxylation is 1. The molecule has 2 N–H and O–H groups in total. The van der Waals surface area contributed by atoms with E-state index < -0.39 is 0 Å². The van der Waals surface area contributed by atoms with Crippen molar-refractivity contribution in [3.05, 3.63) is 29.3 Å². The Hall–Kier alpha value is -1.02. The van der Waals surface area contributed by atoms with Crippen molar-refractivity contribution >= 4 is 0 Å². The molecule has 1 fully saturated rings. The second-order valence-electron chi connectivity index (χ2n) is 4.92. The number of rotatable bonds is 4. The highest BCUT2D eigenvalue weighted by Crippen LogP contribution is 2.28. The van der Waals surface area contributed by atoms with Crippen LogP contribution in [0, 0.1) is 12.8 Å².